The molecule has 0 spiro atoms. The van der Waals surface area contributed by atoms with E-state index in [0.29, 0.717) is 6.61 Å². The molecule has 3 rings (SSSR count). The number of hydrogen-bond donors (Lipinski definition) is 1. The van der Waals surface area contributed by atoms with E-state index in [0.717, 1.165) is 11.1 Å². The molecule has 0 aliphatic carbocycles. The number of morpholine rings is 1. The number of aryl methyl sites for hydroxylation is 1. The van der Waals surface area contributed by atoms with Crippen LogP contribution in [0.4, 0.5) is 0 Å². The Hall–Kier alpha value is -1.77. The number of nitrogens with zero attached hydrogens (tertiary/aromatic N) is 1. The number of benzene rings is 2. The van der Waals surface area contributed by atoms with Crippen LogP contribution < -0.4 is 0 Å². The van der Waals surface area contributed by atoms with Crippen LogP contribution in [0.1, 0.15) is 11.1 Å². The van der Waals surface area contributed by atoms with Gasteiger partial charge in [0.2, 0.25) is 10.0 Å². The van der Waals surface area contributed by atoms with Gasteiger partial charge >= 0.3 is 0 Å². The van der Waals surface area contributed by atoms with Gasteiger partial charge < -0.3 is 14.6 Å². The number of sulfonamides is 1. The van der Waals surface area contributed by atoms with E-state index in [2.05, 4.69) is 0 Å². The summed E-state index contributed by atoms with van der Waals surface area (Å²) in [5, 5.41) is 9.52. The third-order valence-corrected chi connectivity index (χ3v) is 6.32. The second-order valence-electron chi connectivity index (χ2n) is 6.70. The van der Waals surface area contributed by atoms with Crippen molar-refractivity contribution in [2.45, 2.75) is 30.6 Å². The molecule has 2 aromatic rings. The van der Waals surface area contributed by atoms with Gasteiger partial charge in [-0.15, -0.1) is 0 Å². The Kier molecular flexibility index (Phi) is 6.62. The van der Waals surface area contributed by atoms with Crippen LogP contribution in [0.25, 0.3) is 0 Å². The molecular formula is C20H25NO5S. The third kappa shape index (κ3) is 5.15. The highest BCUT2D eigenvalue weighted by atomic mass is 32.2. The molecule has 0 unspecified atom stereocenters. The molecule has 1 aliphatic heterocycles. The second-order valence-corrected chi connectivity index (χ2v) is 8.64. The predicted molar refractivity (Wildman–Crippen MR) is 102 cm³/mol. The maximum Gasteiger partial charge on any atom is 0.243 e. The lowest BCUT2D eigenvalue weighted by molar-refractivity contribution is -0.112. The highest BCUT2D eigenvalue weighted by molar-refractivity contribution is 7.89. The molecule has 1 N–H and O–H groups in total. The molecule has 1 fully saturated rings. The van der Waals surface area contributed by atoms with Crippen LogP contribution in [0, 0.1) is 6.92 Å². The van der Waals surface area contributed by atoms with Gasteiger partial charge in [0.05, 0.1) is 36.9 Å². The highest BCUT2D eigenvalue weighted by Gasteiger charge is 2.35. The van der Waals surface area contributed by atoms with E-state index in [-0.39, 0.29) is 31.2 Å². The van der Waals surface area contributed by atoms with Crippen LogP contribution in [-0.4, -0.2) is 56.3 Å². The van der Waals surface area contributed by atoms with Crippen LogP contribution >= 0.6 is 0 Å². The minimum atomic E-state index is -3.65. The first kappa shape index (κ1) is 20.0. The molecule has 146 valence electrons. The Labute approximate surface area is 160 Å². The minimum Gasteiger partial charge on any atom is -0.394 e. The lowest BCUT2D eigenvalue weighted by Gasteiger charge is -2.36. The summed E-state index contributed by atoms with van der Waals surface area (Å²) in [6.45, 7) is 2.67. The molecule has 2 aromatic carbocycles. The fourth-order valence-corrected chi connectivity index (χ4v) is 4.52. The van der Waals surface area contributed by atoms with Gasteiger partial charge in [-0.2, -0.15) is 4.31 Å². The van der Waals surface area contributed by atoms with Gasteiger partial charge in [0.25, 0.3) is 0 Å². The van der Waals surface area contributed by atoms with E-state index in [9.17, 15) is 13.5 Å². The van der Waals surface area contributed by atoms with Crippen molar-refractivity contribution in [2.75, 3.05) is 26.3 Å². The molecule has 0 aromatic heterocycles. The van der Waals surface area contributed by atoms with E-state index in [1.807, 2.05) is 37.3 Å². The van der Waals surface area contributed by atoms with Gasteiger partial charge in [-0.1, -0.05) is 48.0 Å². The van der Waals surface area contributed by atoms with Gasteiger partial charge in [-0.25, -0.2) is 8.42 Å². The number of aliphatic hydroxyl groups is 1. The van der Waals surface area contributed by atoms with Crippen molar-refractivity contribution in [3.8, 4) is 0 Å². The summed E-state index contributed by atoms with van der Waals surface area (Å²) in [7, 11) is -3.65. The molecule has 0 radical (unpaired) electrons. The summed E-state index contributed by atoms with van der Waals surface area (Å²) in [5.74, 6) is 0. The number of hydrogen-bond acceptors (Lipinski definition) is 5. The Morgan fingerprint density at radius 3 is 2.41 bits per heavy atom. The van der Waals surface area contributed by atoms with Crippen molar-refractivity contribution in [2.24, 2.45) is 0 Å². The fourth-order valence-electron chi connectivity index (χ4n) is 3.02. The van der Waals surface area contributed by atoms with E-state index in [1.54, 1.807) is 24.3 Å². The molecule has 2 atom stereocenters. The van der Waals surface area contributed by atoms with Gasteiger partial charge in [-0.05, 0) is 24.6 Å². The van der Waals surface area contributed by atoms with Crippen molar-refractivity contribution < 1.29 is 23.0 Å². The first-order valence-corrected chi connectivity index (χ1v) is 10.4. The SMILES string of the molecule is Cc1ccc(S(=O)(=O)N2C[C@H](CO)O[C@@H](COCc3ccccc3)C2)cc1. The maximum atomic E-state index is 12.9. The number of aliphatic hydroxyl groups excluding tert-OH is 1. The Balaban J connectivity index is 1.66. The van der Waals surface area contributed by atoms with Gasteiger partial charge in [0, 0.05) is 13.1 Å². The lowest BCUT2D eigenvalue weighted by atomic mass is 10.2. The smallest absolute Gasteiger partial charge is 0.243 e. The van der Waals surface area contributed by atoms with E-state index >= 15 is 0 Å². The zero-order valence-electron chi connectivity index (χ0n) is 15.3. The number of rotatable bonds is 7. The van der Waals surface area contributed by atoms with Crippen LogP contribution in [0.2, 0.25) is 0 Å². The molecule has 7 heteroatoms. The van der Waals surface area contributed by atoms with Gasteiger partial charge in [-0.3, -0.25) is 0 Å². The van der Waals surface area contributed by atoms with E-state index in [4.69, 9.17) is 9.47 Å². The monoisotopic (exact) mass is 391 g/mol. The van der Waals surface area contributed by atoms with Crippen LogP contribution in [0.5, 0.6) is 0 Å². The summed E-state index contributed by atoms with van der Waals surface area (Å²) >= 11 is 0. The zero-order chi connectivity index (χ0) is 19.3. The first-order chi connectivity index (χ1) is 13.0. The average Bonchev–Trinajstić information content (AvgIpc) is 2.69. The van der Waals surface area contributed by atoms with Crippen molar-refractivity contribution >= 4 is 10.0 Å². The highest BCUT2D eigenvalue weighted by Crippen LogP contribution is 2.22. The third-order valence-electron chi connectivity index (χ3n) is 4.48. The summed E-state index contributed by atoms with van der Waals surface area (Å²) in [5.41, 5.74) is 2.03. The van der Waals surface area contributed by atoms with Crippen LogP contribution in [0.15, 0.2) is 59.5 Å². The Bertz CT molecular complexity index is 823. The summed E-state index contributed by atoms with van der Waals surface area (Å²) in [6.07, 6.45) is -0.996. The molecule has 0 bridgehead atoms. The second kappa shape index (κ2) is 8.95. The molecule has 0 saturated carbocycles. The van der Waals surface area contributed by atoms with E-state index < -0.39 is 22.2 Å². The van der Waals surface area contributed by atoms with Gasteiger partial charge in [0.1, 0.15) is 0 Å². The average molecular weight is 391 g/mol. The van der Waals surface area contributed by atoms with Crippen molar-refractivity contribution in [1.29, 1.82) is 0 Å². The van der Waals surface area contributed by atoms with Crippen LogP contribution in [-0.2, 0) is 26.1 Å². The Morgan fingerprint density at radius 1 is 1.07 bits per heavy atom. The first-order valence-electron chi connectivity index (χ1n) is 8.94. The van der Waals surface area contributed by atoms with Crippen LogP contribution in [0.3, 0.4) is 0 Å². The van der Waals surface area contributed by atoms with Crippen molar-refractivity contribution in [3.63, 3.8) is 0 Å². The fraction of sp³-hybridized carbons (Fsp3) is 0.400. The minimum absolute atomic E-state index is 0.127. The Morgan fingerprint density at radius 2 is 1.74 bits per heavy atom. The van der Waals surface area contributed by atoms with Crippen molar-refractivity contribution in [3.05, 3.63) is 65.7 Å². The van der Waals surface area contributed by atoms with Crippen molar-refractivity contribution in [1.82, 2.24) is 4.31 Å². The molecule has 1 heterocycles. The van der Waals surface area contributed by atoms with Gasteiger partial charge in [0.15, 0.2) is 0 Å². The molecular weight excluding hydrogens is 366 g/mol. The standard InChI is InChI=1S/C20H25NO5S/c1-16-7-9-20(10-8-16)27(23,24)21-11-18(13-22)26-19(12-21)15-25-14-17-5-3-2-4-6-17/h2-10,18-19,22H,11-15H2,1H3/t18-,19-/m1/s1. The molecule has 1 aliphatic rings. The molecule has 6 nitrogen and oxygen atoms in total. The largest absolute Gasteiger partial charge is 0.394 e. The summed E-state index contributed by atoms with van der Waals surface area (Å²) in [6, 6.07) is 16.5. The number of ether oxygens (including phenoxy) is 2. The lowest BCUT2D eigenvalue weighted by Crippen LogP contribution is -2.52. The molecule has 27 heavy (non-hydrogen) atoms. The van der Waals surface area contributed by atoms with E-state index in [1.165, 1.54) is 4.31 Å². The molecule has 0 amide bonds. The topological polar surface area (TPSA) is 76.1 Å². The summed E-state index contributed by atoms with van der Waals surface area (Å²) < 4.78 is 38.8. The predicted octanol–water partition coefficient (Wildman–Crippen LogP) is 1.96. The zero-order valence-corrected chi connectivity index (χ0v) is 16.1. The maximum absolute atomic E-state index is 12.9. The molecule has 1 saturated heterocycles. The summed E-state index contributed by atoms with van der Waals surface area (Å²) in [4.78, 5) is 0.246. The quantitative estimate of drug-likeness (QED) is 0.781. The normalized spacial score (nSPS) is 21.3.